The van der Waals surface area contributed by atoms with Crippen LogP contribution in [0.4, 0.5) is 30.7 Å². The molecule has 0 fully saturated rings. The molecule has 1 spiro atoms. The van der Waals surface area contributed by atoms with Crippen molar-refractivity contribution >= 4 is 5.84 Å². The van der Waals surface area contributed by atoms with Crippen LogP contribution in [0.5, 0.6) is 0 Å². The molecule has 0 N–H and O–H groups in total. The van der Waals surface area contributed by atoms with Crippen molar-refractivity contribution in [3.8, 4) is 0 Å². The molecule has 1 aromatic rings. The third-order valence-electron chi connectivity index (χ3n) is 4.88. The number of allylic oxidation sites excluding steroid dienone is 2. The molecule has 3 aliphatic rings. The predicted octanol–water partition coefficient (Wildman–Crippen LogP) is 4.87. The summed E-state index contributed by atoms with van der Waals surface area (Å²) in [6.07, 6.45) is -7.40. The van der Waals surface area contributed by atoms with E-state index in [1.54, 1.807) is 0 Å². The Morgan fingerprint density at radius 2 is 1.77 bits per heavy atom. The molecule has 2 aliphatic heterocycles. The highest BCUT2D eigenvalue weighted by atomic mass is 19.4. The molecule has 4 rings (SSSR count). The molecule has 0 radical (unpaired) electrons. The zero-order chi connectivity index (χ0) is 18.9. The van der Waals surface area contributed by atoms with Gasteiger partial charge in [-0.2, -0.15) is 26.3 Å². The standard InChI is InChI=1S/C17H11F7N2/c18-13-6-11(17(22,23)24)7-26-8-15(25-14(13)26)4-3-9-5-10(16(19,20)21)1-2-12(9)15/h1-2,5-7H,3-4,8H2/t15-/m1/s1. The Kier molecular flexibility index (Phi) is 3.36. The van der Waals surface area contributed by atoms with Gasteiger partial charge in [0.2, 0.25) is 0 Å². The number of aryl methyl sites for hydroxylation is 1. The third-order valence-corrected chi connectivity index (χ3v) is 4.88. The molecule has 2 nitrogen and oxygen atoms in total. The zero-order valence-corrected chi connectivity index (χ0v) is 13.0. The fourth-order valence-electron chi connectivity index (χ4n) is 3.70. The monoisotopic (exact) mass is 376 g/mol. The van der Waals surface area contributed by atoms with E-state index in [0.29, 0.717) is 30.0 Å². The topological polar surface area (TPSA) is 15.6 Å². The van der Waals surface area contributed by atoms with Crippen LogP contribution in [0.2, 0.25) is 0 Å². The van der Waals surface area contributed by atoms with Gasteiger partial charge in [0.05, 0.1) is 17.7 Å². The molecule has 0 aromatic heterocycles. The highest BCUT2D eigenvalue weighted by molar-refractivity contribution is 6.00. The fraction of sp³-hybridized carbons (Fsp3) is 0.353. The Bertz CT molecular complexity index is 876. The lowest BCUT2D eigenvalue weighted by molar-refractivity contribution is -0.137. The number of hydrogen-bond acceptors (Lipinski definition) is 2. The highest BCUT2D eigenvalue weighted by Crippen LogP contribution is 2.47. The molecule has 0 saturated carbocycles. The Morgan fingerprint density at radius 3 is 2.42 bits per heavy atom. The van der Waals surface area contributed by atoms with Gasteiger partial charge in [-0.15, -0.1) is 0 Å². The summed E-state index contributed by atoms with van der Waals surface area (Å²) in [5.74, 6) is -1.32. The van der Waals surface area contributed by atoms with Crippen molar-refractivity contribution in [1.29, 1.82) is 0 Å². The van der Waals surface area contributed by atoms with E-state index in [4.69, 9.17) is 0 Å². The lowest BCUT2D eigenvalue weighted by Gasteiger charge is -2.25. The number of halogens is 7. The SMILES string of the molecule is FC1=CC(C(F)(F)F)=CN2C[C@@]3(CCc4cc(C(F)(F)F)ccc43)N=C12. The molecule has 0 unspecified atom stereocenters. The molecule has 1 atom stereocenters. The number of aliphatic imine (C=N–C) groups is 1. The maximum atomic E-state index is 14.2. The maximum absolute atomic E-state index is 14.2. The van der Waals surface area contributed by atoms with E-state index >= 15 is 0 Å². The van der Waals surface area contributed by atoms with Crippen LogP contribution >= 0.6 is 0 Å². The minimum atomic E-state index is -4.70. The summed E-state index contributed by atoms with van der Waals surface area (Å²) in [5, 5.41) is 0. The van der Waals surface area contributed by atoms with Crippen molar-refractivity contribution in [2.24, 2.45) is 4.99 Å². The molecule has 9 heteroatoms. The van der Waals surface area contributed by atoms with E-state index < -0.39 is 34.9 Å². The van der Waals surface area contributed by atoms with Crippen LogP contribution in [-0.4, -0.2) is 23.5 Å². The van der Waals surface area contributed by atoms with Gasteiger partial charge in [-0.05, 0) is 42.2 Å². The van der Waals surface area contributed by atoms with E-state index in [1.165, 1.54) is 6.07 Å². The average Bonchev–Trinajstić information content (AvgIpc) is 3.07. The molecule has 26 heavy (non-hydrogen) atoms. The van der Waals surface area contributed by atoms with Crippen molar-refractivity contribution in [3.63, 3.8) is 0 Å². The van der Waals surface area contributed by atoms with Crippen LogP contribution < -0.4 is 0 Å². The van der Waals surface area contributed by atoms with Gasteiger partial charge < -0.3 is 4.90 Å². The summed E-state index contributed by atoms with van der Waals surface area (Å²) in [6, 6.07) is 3.25. The second kappa shape index (κ2) is 5.11. The number of amidine groups is 1. The van der Waals surface area contributed by atoms with Crippen LogP contribution in [0.15, 0.2) is 46.9 Å². The average molecular weight is 376 g/mol. The van der Waals surface area contributed by atoms with Gasteiger partial charge in [-0.1, -0.05) is 6.07 Å². The number of nitrogens with zero attached hydrogens (tertiary/aromatic N) is 2. The van der Waals surface area contributed by atoms with Crippen LogP contribution in [0.1, 0.15) is 23.1 Å². The number of fused-ring (bicyclic) bond motifs is 3. The molecule has 0 amide bonds. The molecule has 0 bridgehead atoms. The summed E-state index contributed by atoms with van der Waals surface area (Å²) in [6.45, 7) is -0.0401. The number of rotatable bonds is 0. The van der Waals surface area contributed by atoms with Gasteiger partial charge in [0, 0.05) is 6.20 Å². The first-order valence-corrected chi connectivity index (χ1v) is 7.73. The first kappa shape index (κ1) is 17.1. The second-order valence-electron chi connectivity index (χ2n) is 6.54. The molecule has 0 saturated heterocycles. The fourth-order valence-corrected chi connectivity index (χ4v) is 3.70. The first-order chi connectivity index (χ1) is 12.0. The first-order valence-electron chi connectivity index (χ1n) is 7.73. The number of hydrogen-bond donors (Lipinski definition) is 0. The smallest absolute Gasteiger partial charge is 0.327 e. The minimum absolute atomic E-state index is 0.0401. The van der Waals surface area contributed by atoms with Crippen molar-refractivity contribution in [1.82, 2.24) is 4.90 Å². The highest BCUT2D eigenvalue weighted by Gasteiger charge is 2.48. The van der Waals surface area contributed by atoms with Gasteiger partial charge >= 0.3 is 12.4 Å². The summed E-state index contributed by atoms with van der Waals surface area (Å²) >= 11 is 0. The van der Waals surface area contributed by atoms with Crippen LogP contribution in [0.25, 0.3) is 0 Å². The summed E-state index contributed by atoms with van der Waals surface area (Å²) in [4.78, 5) is 5.37. The molecule has 138 valence electrons. The van der Waals surface area contributed by atoms with Crippen molar-refractivity contribution in [3.05, 3.63) is 58.6 Å². The normalized spacial score (nSPS) is 25.0. The van der Waals surface area contributed by atoms with E-state index in [-0.39, 0.29) is 12.4 Å². The van der Waals surface area contributed by atoms with Crippen molar-refractivity contribution in [2.45, 2.75) is 30.7 Å². The third kappa shape index (κ3) is 2.52. The quantitative estimate of drug-likeness (QED) is 0.590. The van der Waals surface area contributed by atoms with Crippen LogP contribution in [-0.2, 0) is 18.1 Å². The van der Waals surface area contributed by atoms with Crippen molar-refractivity contribution in [2.75, 3.05) is 6.54 Å². The van der Waals surface area contributed by atoms with Crippen molar-refractivity contribution < 1.29 is 30.7 Å². The van der Waals surface area contributed by atoms with Gasteiger partial charge in [-0.25, -0.2) is 4.39 Å². The zero-order valence-electron chi connectivity index (χ0n) is 13.0. The summed E-state index contributed by atoms with van der Waals surface area (Å²) in [7, 11) is 0. The Balaban J connectivity index is 1.73. The Hall–Kier alpha value is -2.32. The van der Waals surface area contributed by atoms with Crippen LogP contribution in [0, 0.1) is 0 Å². The molecular formula is C17H11F7N2. The van der Waals surface area contributed by atoms with Gasteiger partial charge in [-0.3, -0.25) is 4.99 Å². The van der Waals surface area contributed by atoms with E-state index in [9.17, 15) is 30.7 Å². The molecule has 2 heterocycles. The lowest BCUT2D eigenvalue weighted by Crippen LogP contribution is -2.32. The van der Waals surface area contributed by atoms with Gasteiger partial charge in [0.15, 0.2) is 11.7 Å². The van der Waals surface area contributed by atoms with Gasteiger partial charge in [0.1, 0.15) is 5.54 Å². The van der Waals surface area contributed by atoms with E-state index in [0.717, 1.165) is 23.2 Å². The largest absolute Gasteiger partial charge is 0.417 e. The van der Waals surface area contributed by atoms with E-state index in [1.807, 2.05) is 0 Å². The summed E-state index contributed by atoms with van der Waals surface area (Å²) in [5.41, 5.74) is -2.01. The second-order valence-corrected chi connectivity index (χ2v) is 6.54. The number of benzene rings is 1. The molecule has 1 aromatic carbocycles. The van der Waals surface area contributed by atoms with Gasteiger partial charge in [0.25, 0.3) is 0 Å². The predicted molar refractivity (Wildman–Crippen MR) is 78.9 cm³/mol. The lowest BCUT2D eigenvalue weighted by atomic mass is 9.92. The van der Waals surface area contributed by atoms with Crippen LogP contribution in [0.3, 0.4) is 0 Å². The summed E-state index contributed by atoms with van der Waals surface area (Å²) < 4.78 is 91.4. The maximum Gasteiger partial charge on any atom is 0.417 e. The molecule has 1 aliphatic carbocycles. The minimum Gasteiger partial charge on any atom is -0.327 e. The molecular weight excluding hydrogens is 365 g/mol. The Morgan fingerprint density at radius 1 is 1.04 bits per heavy atom. The Labute approximate surface area is 143 Å². The van der Waals surface area contributed by atoms with E-state index in [2.05, 4.69) is 4.99 Å². The number of alkyl halides is 6.